The zero-order valence-corrected chi connectivity index (χ0v) is 15.0. The van der Waals surface area contributed by atoms with Crippen molar-refractivity contribution in [2.75, 3.05) is 39.4 Å². The molecule has 0 aliphatic carbocycles. The van der Waals surface area contributed by atoms with Crippen LogP contribution in [0.3, 0.4) is 0 Å². The lowest BCUT2D eigenvalue weighted by Crippen LogP contribution is -2.43. The van der Waals surface area contributed by atoms with Gasteiger partial charge in [0.1, 0.15) is 5.75 Å². The van der Waals surface area contributed by atoms with Crippen LogP contribution in [0.4, 0.5) is 0 Å². The number of likely N-dealkylation sites (tertiary alicyclic amines) is 2. The van der Waals surface area contributed by atoms with Crippen molar-refractivity contribution in [3.63, 3.8) is 0 Å². The van der Waals surface area contributed by atoms with Crippen LogP contribution in [-0.2, 0) is 0 Å². The van der Waals surface area contributed by atoms with E-state index in [-0.39, 0.29) is 0 Å². The molecule has 2 aliphatic heterocycles. The lowest BCUT2D eigenvalue weighted by molar-refractivity contribution is 0.120. The van der Waals surface area contributed by atoms with Crippen LogP contribution in [-0.4, -0.2) is 66.4 Å². The average Bonchev–Trinajstić information content (AvgIpc) is 3.23. The fraction of sp³-hybridized carbons (Fsp3) is 0.700. The minimum absolute atomic E-state index is 0.316. The van der Waals surface area contributed by atoms with Gasteiger partial charge in [0.15, 0.2) is 0 Å². The molecule has 1 N–H and O–H groups in total. The van der Waals surface area contributed by atoms with Gasteiger partial charge in [0, 0.05) is 25.2 Å². The fourth-order valence-electron chi connectivity index (χ4n) is 4.18. The summed E-state index contributed by atoms with van der Waals surface area (Å²) in [5.41, 5.74) is 1.21. The normalized spacial score (nSPS) is 25.4. The molecule has 0 bridgehead atoms. The van der Waals surface area contributed by atoms with Crippen molar-refractivity contribution in [3.05, 3.63) is 29.8 Å². The SMILES string of the molecule is Cc1ccccc1OCCCN1CCC[C@@H]1CN1CCC[C@H]1CO. The van der Waals surface area contributed by atoms with Crippen LogP contribution in [0.15, 0.2) is 24.3 Å². The van der Waals surface area contributed by atoms with Gasteiger partial charge in [-0.15, -0.1) is 0 Å². The van der Waals surface area contributed by atoms with Crippen molar-refractivity contribution >= 4 is 0 Å². The summed E-state index contributed by atoms with van der Waals surface area (Å²) in [6.45, 7) is 7.82. The summed E-state index contributed by atoms with van der Waals surface area (Å²) in [4.78, 5) is 5.14. The van der Waals surface area contributed by atoms with Gasteiger partial charge in [-0.25, -0.2) is 0 Å². The third kappa shape index (κ3) is 4.50. The van der Waals surface area contributed by atoms with Gasteiger partial charge in [-0.05, 0) is 63.7 Å². The second-order valence-electron chi connectivity index (χ2n) is 7.27. The third-order valence-corrected chi connectivity index (χ3v) is 5.59. The Hall–Kier alpha value is -1.10. The van der Waals surface area contributed by atoms with E-state index in [2.05, 4.69) is 34.9 Å². The molecule has 2 aliphatic rings. The predicted octanol–water partition coefficient (Wildman–Crippen LogP) is 2.69. The molecule has 0 amide bonds. The van der Waals surface area contributed by atoms with Crippen molar-refractivity contribution in [2.24, 2.45) is 0 Å². The van der Waals surface area contributed by atoms with E-state index in [0.717, 1.165) is 44.8 Å². The molecule has 2 atom stereocenters. The maximum absolute atomic E-state index is 9.51. The zero-order valence-electron chi connectivity index (χ0n) is 15.0. The molecule has 2 fully saturated rings. The van der Waals surface area contributed by atoms with Gasteiger partial charge in [-0.2, -0.15) is 0 Å². The van der Waals surface area contributed by atoms with Crippen LogP contribution in [0.2, 0.25) is 0 Å². The molecule has 0 aromatic heterocycles. The second-order valence-corrected chi connectivity index (χ2v) is 7.27. The van der Waals surface area contributed by atoms with Gasteiger partial charge in [-0.3, -0.25) is 9.80 Å². The summed E-state index contributed by atoms with van der Waals surface area (Å²) in [7, 11) is 0. The van der Waals surface area contributed by atoms with E-state index in [9.17, 15) is 5.11 Å². The molecule has 1 aromatic carbocycles. The van der Waals surface area contributed by atoms with Crippen LogP contribution < -0.4 is 4.74 Å². The number of nitrogens with zero attached hydrogens (tertiary/aromatic N) is 2. The first-order chi connectivity index (χ1) is 11.8. The van der Waals surface area contributed by atoms with Crippen LogP contribution in [0.5, 0.6) is 5.75 Å². The molecule has 1 aromatic rings. The van der Waals surface area contributed by atoms with E-state index < -0.39 is 0 Å². The Kier molecular flexibility index (Phi) is 6.52. The number of aliphatic hydroxyl groups is 1. The number of benzene rings is 1. The monoisotopic (exact) mass is 332 g/mol. The number of rotatable bonds is 8. The van der Waals surface area contributed by atoms with Crippen LogP contribution in [0.1, 0.15) is 37.7 Å². The van der Waals surface area contributed by atoms with E-state index in [1.807, 2.05) is 6.07 Å². The minimum atomic E-state index is 0.316. The lowest BCUT2D eigenvalue weighted by atomic mass is 10.2. The van der Waals surface area contributed by atoms with E-state index in [4.69, 9.17) is 4.74 Å². The summed E-state index contributed by atoms with van der Waals surface area (Å²) >= 11 is 0. The molecule has 3 rings (SSSR count). The number of hydrogen-bond donors (Lipinski definition) is 1. The summed E-state index contributed by atoms with van der Waals surface area (Å²) in [5.74, 6) is 1.01. The fourth-order valence-corrected chi connectivity index (χ4v) is 4.18. The summed E-state index contributed by atoms with van der Waals surface area (Å²) in [5, 5.41) is 9.51. The lowest BCUT2D eigenvalue weighted by Gasteiger charge is -2.31. The average molecular weight is 332 g/mol. The van der Waals surface area contributed by atoms with Gasteiger partial charge in [-0.1, -0.05) is 18.2 Å². The quantitative estimate of drug-likeness (QED) is 0.743. The maximum atomic E-state index is 9.51. The number of aliphatic hydroxyl groups excluding tert-OH is 1. The third-order valence-electron chi connectivity index (χ3n) is 5.59. The van der Waals surface area contributed by atoms with Gasteiger partial charge in [0.05, 0.1) is 13.2 Å². The van der Waals surface area contributed by atoms with Crippen molar-refractivity contribution in [3.8, 4) is 5.75 Å². The summed E-state index contributed by atoms with van der Waals surface area (Å²) < 4.78 is 5.93. The van der Waals surface area contributed by atoms with Gasteiger partial charge >= 0.3 is 0 Å². The van der Waals surface area contributed by atoms with Crippen LogP contribution in [0, 0.1) is 6.92 Å². The number of aryl methyl sites for hydroxylation is 1. The Morgan fingerprint density at radius 3 is 2.62 bits per heavy atom. The Bertz CT molecular complexity index is 508. The highest BCUT2D eigenvalue weighted by Crippen LogP contribution is 2.23. The largest absolute Gasteiger partial charge is 0.493 e. The Morgan fingerprint density at radius 2 is 1.83 bits per heavy atom. The number of hydrogen-bond acceptors (Lipinski definition) is 4. The van der Waals surface area contributed by atoms with Crippen molar-refractivity contribution in [1.29, 1.82) is 0 Å². The van der Waals surface area contributed by atoms with Crippen LogP contribution >= 0.6 is 0 Å². The number of para-hydroxylation sites is 1. The highest BCUT2D eigenvalue weighted by atomic mass is 16.5. The first kappa shape index (κ1) is 17.7. The topological polar surface area (TPSA) is 35.9 Å². The van der Waals surface area contributed by atoms with Crippen molar-refractivity contribution < 1.29 is 9.84 Å². The van der Waals surface area contributed by atoms with E-state index in [1.165, 1.54) is 31.4 Å². The molecule has 4 heteroatoms. The first-order valence-electron chi connectivity index (χ1n) is 9.55. The van der Waals surface area contributed by atoms with E-state index in [0.29, 0.717) is 18.7 Å². The minimum Gasteiger partial charge on any atom is -0.493 e. The van der Waals surface area contributed by atoms with Gasteiger partial charge < -0.3 is 9.84 Å². The summed E-state index contributed by atoms with van der Waals surface area (Å²) in [6, 6.07) is 9.30. The Morgan fingerprint density at radius 1 is 1.08 bits per heavy atom. The van der Waals surface area contributed by atoms with Crippen molar-refractivity contribution in [2.45, 2.75) is 51.1 Å². The molecule has 4 nitrogen and oxygen atoms in total. The number of ether oxygens (including phenoxy) is 1. The standard InChI is InChI=1S/C20H32N2O2/c1-17-7-2-3-10-20(17)24-14-6-13-21-11-4-8-18(21)15-22-12-5-9-19(22)16-23/h2-3,7,10,18-19,23H,4-6,8-9,11-16H2,1H3/t18-,19+/m1/s1. The Balaban J connectivity index is 1.40. The highest BCUT2D eigenvalue weighted by molar-refractivity contribution is 5.31. The Labute approximate surface area is 146 Å². The molecule has 0 spiro atoms. The van der Waals surface area contributed by atoms with Gasteiger partial charge in [0.2, 0.25) is 0 Å². The first-order valence-corrected chi connectivity index (χ1v) is 9.55. The highest BCUT2D eigenvalue weighted by Gasteiger charge is 2.30. The molecule has 24 heavy (non-hydrogen) atoms. The second kappa shape index (κ2) is 8.84. The van der Waals surface area contributed by atoms with Crippen molar-refractivity contribution in [1.82, 2.24) is 9.80 Å². The molecule has 2 saturated heterocycles. The van der Waals surface area contributed by atoms with Crippen LogP contribution in [0.25, 0.3) is 0 Å². The van der Waals surface area contributed by atoms with E-state index in [1.54, 1.807) is 0 Å². The summed E-state index contributed by atoms with van der Waals surface area (Å²) in [6.07, 6.45) is 6.08. The smallest absolute Gasteiger partial charge is 0.122 e. The maximum Gasteiger partial charge on any atom is 0.122 e. The zero-order chi connectivity index (χ0) is 16.8. The molecular formula is C20H32N2O2. The molecule has 134 valence electrons. The molecular weight excluding hydrogens is 300 g/mol. The van der Waals surface area contributed by atoms with E-state index >= 15 is 0 Å². The molecule has 0 radical (unpaired) electrons. The molecule has 0 unspecified atom stereocenters. The molecule has 0 saturated carbocycles. The predicted molar refractivity (Wildman–Crippen MR) is 97.6 cm³/mol. The van der Waals surface area contributed by atoms with Gasteiger partial charge in [0.25, 0.3) is 0 Å². The molecule has 2 heterocycles.